The zero-order chi connectivity index (χ0) is 39.9. The van der Waals surface area contributed by atoms with Gasteiger partial charge in [0.2, 0.25) is 11.8 Å². The molecular formula is C42H52N8O6. The first-order chi connectivity index (χ1) is 26.9. The van der Waals surface area contributed by atoms with Gasteiger partial charge < -0.3 is 39.9 Å². The van der Waals surface area contributed by atoms with Crippen LogP contribution in [0.3, 0.4) is 0 Å². The number of hydrogen-bond donors (Lipinski definition) is 4. The molecule has 0 aliphatic carbocycles. The number of H-pyrrole nitrogens is 2. The second kappa shape index (κ2) is 17.7. The van der Waals surface area contributed by atoms with Crippen molar-refractivity contribution >= 4 is 35.0 Å². The number of hydrogen-bond acceptors (Lipinski definition) is 8. The average molecular weight is 765 g/mol. The highest BCUT2D eigenvalue weighted by Crippen LogP contribution is 2.34. The Balaban J connectivity index is 1.09. The molecule has 4 heterocycles. The number of aromatic amines is 2. The fourth-order valence-electron chi connectivity index (χ4n) is 7.43. The van der Waals surface area contributed by atoms with Gasteiger partial charge in [0.1, 0.15) is 11.6 Å². The number of carbonyl (C=O) groups excluding carboxylic acids is 4. The lowest BCUT2D eigenvalue weighted by atomic mass is 10.00. The largest absolute Gasteiger partial charge is 0.453 e. The molecule has 2 fully saturated rings. The van der Waals surface area contributed by atoms with Crippen LogP contribution in [0.5, 0.6) is 0 Å². The van der Waals surface area contributed by atoms with Crippen LogP contribution in [0.25, 0.3) is 22.3 Å². The van der Waals surface area contributed by atoms with E-state index in [9.17, 15) is 19.2 Å². The van der Waals surface area contributed by atoms with Crippen molar-refractivity contribution in [3.63, 3.8) is 0 Å². The maximum absolute atomic E-state index is 13.4. The molecule has 4 atom stereocenters. The number of aromatic nitrogens is 4. The number of carbonyl (C=O) groups is 4. The maximum Gasteiger partial charge on any atom is 0.407 e. The minimum Gasteiger partial charge on any atom is -0.453 e. The smallest absolute Gasteiger partial charge is 0.407 e. The Labute approximate surface area is 327 Å². The Kier molecular flexibility index (Phi) is 12.6. The maximum atomic E-state index is 13.4. The molecule has 0 bridgehead atoms. The molecule has 4 N–H and O–H groups in total. The number of ether oxygens (including phenoxy) is 2. The predicted molar refractivity (Wildman–Crippen MR) is 211 cm³/mol. The lowest BCUT2D eigenvalue weighted by Gasteiger charge is -2.27. The fourth-order valence-corrected chi connectivity index (χ4v) is 7.43. The van der Waals surface area contributed by atoms with Crippen LogP contribution < -0.4 is 10.6 Å². The number of alkyl carbamates (subject to hydrolysis) is 2. The number of imidazole rings is 2. The van der Waals surface area contributed by atoms with Gasteiger partial charge in [0.15, 0.2) is 0 Å². The van der Waals surface area contributed by atoms with Crippen LogP contribution in [-0.2, 0) is 19.1 Å². The van der Waals surface area contributed by atoms with E-state index in [0.29, 0.717) is 13.1 Å². The van der Waals surface area contributed by atoms with Crippen molar-refractivity contribution in [1.82, 2.24) is 40.4 Å². The molecule has 2 aromatic carbocycles. The Hall–Kier alpha value is -5.84. The molecule has 4 amide bonds. The van der Waals surface area contributed by atoms with E-state index in [1.54, 1.807) is 6.20 Å². The summed E-state index contributed by atoms with van der Waals surface area (Å²) in [6.07, 6.45) is 4.46. The monoisotopic (exact) mass is 764 g/mol. The first-order valence-electron chi connectivity index (χ1n) is 19.4. The van der Waals surface area contributed by atoms with E-state index in [-0.39, 0.29) is 60.7 Å². The molecule has 2 aliphatic rings. The van der Waals surface area contributed by atoms with E-state index >= 15 is 0 Å². The van der Waals surface area contributed by atoms with E-state index in [0.717, 1.165) is 70.7 Å². The molecule has 0 radical (unpaired) electrons. The zero-order valence-corrected chi connectivity index (χ0v) is 33.0. The van der Waals surface area contributed by atoms with E-state index in [4.69, 9.17) is 14.5 Å². The van der Waals surface area contributed by atoms with Crippen molar-refractivity contribution in [3.05, 3.63) is 71.4 Å². The number of nitrogens with zero attached hydrogens (tertiary/aromatic N) is 4. The molecule has 56 heavy (non-hydrogen) atoms. The third-order valence-electron chi connectivity index (χ3n) is 10.8. The Bertz CT molecular complexity index is 2090. The molecule has 296 valence electrons. The topological polar surface area (TPSA) is 175 Å². The molecule has 4 aromatic rings. The first-order valence-corrected chi connectivity index (χ1v) is 19.4. The second-order valence-electron chi connectivity index (χ2n) is 15.2. The fraction of sp³-hybridized carbons (Fsp3) is 0.476. The summed E-state index contributed by atoms with van der Waals surface area (Å²) < 4.78 is 9.51. The summed E-state index contributed by atoms with van der Waals surface area (Å²) >= 11 is 0. The number of likely N-dealkylation sites (tertiary alicyclic amines) is 2. The highest BCUT2D eigenvalue weighted by Gasteiger charge is 2.35. The van der Waals surface area contributed by atoms with Gasteiger partial charge in [-0.3, -0.25) is 9.59 Å². The molecule has 6 rings (SSSR count). The minimum atomic E-state index is -0.543. The van der Waals surface area contributed by atoms with Crippen LogP contribution in [-0.4, -0.2) is 93.1 Å². The van der Waals surface area contributed by atoms with E-state index in [1.807, 2.05) is 80.0 Å². The van der Waals surface area contributed by atoms with E-state index in [1.165, 1.54) is 14.2 Å². The summed E-state index contributed by atoms with van der Waals surface area (Å²) in [6.45, 7) is 9.16. The molecule has 2 aromatic heterocycles. The van der Waals surface area contributed by atoms with Gasteiger partial charge in [0.05, 0.1) is 49.2 Å². The number of benzene rings is 2. The molecule has 14 heteroatoms. The van der Waals surface area contributed by atoms with Crippen molar-refractivity contribution in [2.45, 2.75) is 90.4 Å². The lowest BCUT2D eigenvalue weighted by molar-refractivity contribution is -0.133. The van der Waals surface area contributed by atoms with Gasteiger partial charge in [-0.1, -0.05) is 51.7 Å². The lowest BCUT2D eigenvalue weighted by Crippen LogP contribution is -2.43. The van der Waals surface area contributed by atoms with Crippen molar-refractivity contribution < 1.29 is 28.7 Å². The van der Waals surface area contributed by atoms with Gasteiger partial charge in [0.25, 0.3) is 0 Å². The summed E-state index contributed by atoms with van der Waals surface area (Å²) in [6, 6.07) is 12.8. The second-order valence-corrected chi connectivity index (χ2v) is 15.2. The highest BCUT2D eigenvalue weighted by molar-refractivity contribution is 5.80. The molecule has 2 saturated heterocycles. The SMILES string of the molecule is COC(=O)N[C@H](CC(=O)N1CCC[C@H]1c1ncc(-c2ccc(C#Cc3ccc4nc([C@@H]5CCCN5C(=O)C[C@@H](NC(=O)OC)C(C)C)[nH]c4c3)cc2)[nH]1)C(C)C. The van der Waals surface area contributed by atoms with Crippen LogP contribution in [0, 0.1) is 23.7 Å². The van der Waals surface area contributed by atoms with Gasteiger partial charge in [-0.2, -0.15) is 0 Å². The van der Waals surface area contributed by atoms with Gasteiger partial charge >= 0.3 is 12.2 Å². The summed E-state index contributed by atoms with van der Waals surface area (Å²) in [5.41, 5.74) is 5.15. The quantitative estimate of drug-likeness (QED) is 0.130. The highest BCUT2D eigenvalue weighted by atomic mass is 16.5. The molecular weight excluding hydrogens is 713 g/mol. The summed E-state index contributed by atoms with van der Waals surface area (Å²) in [4.78, 5) is 70.6. The number of amides is 4. The minimum absolute atomic E-state index is 0.0224. The van der Waals surface area contributed by atoms with Crippen LogP contribution in [0.1, 0.15) is 101 Å². The molecule has 14 nitrogen and oxygen atoms in total. The molecule has 0 saturated carbocycles. The molecule has 0 spiro atoms. The number of rotatable bonds is 11. The number of fused-ring (bicyclic) bond motifs is 1. The first kappa shape index (κ1) is 39.8. The molecule has 2 aliphatic heterocycles. The van der Waals surface area contributed by atoms with Crippen molar-refractivity contribution in [2.24, 2.45) is 11.8 Å². The van der Waals surface area contributed by atoms with Gasteiger partial charge in [0, 0.05) is 49.1 Å². The Morgan fingerprint density at radius 1 is 0.768 bits per heavy atom. The standard InChI is InChI=1S/C42H52N8O6/c1-25(2)31(47-41(53)55-5)22-37(51)49-19-7-9-35(49)39-43-24-34(46-39)29-16-13-27(14-17-29)11-12-28-15-18-30-33(21-28)45-40(44-30)36-10-8-20-50(36)38(52)23-32(26(3)4)48-42(54)56-6/h13-18,21,24-26,31-32,35-36H,7-10,19-20,22-23H2,1-6H3,(H,43,46)(H,44,45)(H,47,53)(H,48,54)/t31-,32-,35+,36+/m1/s1. The molecule has 0 unspecified atom stereocenters. The predicted octanol–water partition coefficient (Wildman–Crippen LogP) is 6.22. The van der Waals surface area contributed by atoms with Gasteiger partial charge in [-0.15, -0.1) is 0 Å². The van der Waals surface area contributed by atoms with E-state index in [2.05, 4.69) is 37.4 Å². The van der Waals surface area contributed by atoms with Crippen molar-refractivity contribution in [1.29, 1.82) is 0 Å². The third kappa shape index (κ3) is 9.33. The number of nitrogens with one attached hydrogen (secondary N) is 4. The van der Waals surface area contributed by atoms with Crippen LogP contribution in [0.4, 0.5) is 9.59 Å². The Morgan fingerprint density at radius 3 is 1.86 bits per heavy atom. The van der Waals surface area contributed by atoms with Crippen LogP contribution >= 0.6 is 0 Å². The summed E-state index contributed by atoms with van der Waals surface area (Å²) in [5.74, 6) is 8.10. The van der Waals surface area contributed by atoms with E-state index < -0.39 is 12.2 Å². The van der Waals surface area contributed by atoms with Crippen LogP contribution in [0.2, 0.25) is 0 Å². The van der Waals surface area contributed by atoms with Crippen molar-refractivity contribution in [2.75, 3.05) is 27.3 Å². The number of methoxy groups -OCH3 is 2. The summed E-state index contributed by atoms with van der Waals surface area (Å²) in [7, 11) is 2.63. The normalized spacial score (nSPS) is 17.8. The summed E-state index contributed by atoms with van der Waals surface area (Å²) in [5, 5.41) is 5.58. The average Bonchev–Trinajstić information content (AvgIpc) is 4.02. The zero-order valence-electron chi connectivity index (χ0n) is 33.0. The van der Waals surface area contributed by atoms with Crippen LogP contribution in [0.15, 0.2) is 48.7 Å². The third-order valence-corrected chi connectivity index (χ3v) is 10.8. The van der Waals surface area contributed by atoms with Crippen molar-refractivity contribution in [3.8, 4) is 23.1 Å². The Morgan fingerprint density at radius 2 is 1.30 bits per heavy atom. The van der Waals surface area contributed by atoms with Gasteiger partial charge in [-0.05, 0) is 73.4 Å². The van der Waals surface area contributed by atoms with Gasteiger partial charge in [-0.25, -0.2) is 19.6 Å².